The molecule has 3 saturated heterocycles. The molecule has 1 N–H and O–H groups in total. The first-order chi connectivity index (χ1) is 17.6. The molecule has 5 nitrogen and oxygen atoms in total. The maximum absolute atomic E-state index is 12.0. The number of hydrogen-bond donors (Lipinski definition) is 1. The highest BCUT2D eigenvalue weighted by molar-refractivity contribution is 5.43. The number of rotatable bonds is 7. The summed E-state index contributed by atoms with van der Waals surface area (Å²) in [4.78, 5) is 11.3. The Labute approximate surface area is 212 Å². The van der Waals surface area contributed by atoms with E-state index in [0.717, 1.165) is 47.1 Å². The van der Waals surface area contributed by atoms with Crippen LogP contribution >= 0.6 is 0 Å². The minimum atomic E-state index is -1.48. The van der Waals surface area contributed by atoms with Gasteiger partial charge in [0.2, 0.25) is 5.89 Å². The van der Waals surface area contributed by atoms with E-state index in [-0.39, 0.29) is 5.89 Å². The van der Waals surface area contributed by atoms with Crippen LogP contribution in [0.1, 0.15) is 53.2 Å². The molecule has 4 aromatic rings. The molecule has 36 heavy (non-hydrogen) atoms. The maximum atomic E-state index is 12.0. The lowest BCUT2D eigenvalue weighted by molar-refractivity contribution is -1.09. The van der Waals surface area contributed by atoms with Crippen molar-refractivity contribution in [3.05, 3.63) is 119 Å². The molecule has 7 rings (SSSR count). The van der Waals surface area contributed by atoms with Crippen molar-refractivity contribution < 1.29 is 19.0 Å². The van der Waals surface area contributed by atoms with Gasteiger partial charge >= 0.3 is 0 Å². The molecule has 3 aliphatic rings. The Morgan fingerprint density at radius 1 is 0.889 bits per heavy atom. The van der Waals surface area contributed by atoms with Gasteiger partial charge in [-0.25, -0.2) is 4.98 Å². The molecule has 2 bridgehead atoms. The fraction of sp³-hybridized carbons (Fsp3) is 0.323. The third-order valence-corrected chi connectivity index (χ3v) is 8.09. The van der Waals surface area contributed by atoms with Crippen LogP contribution in [0.5, 0.6) is 5.75 Å². The highest BCUT2D eigenvalue weighted by Gasteiger charge is 2.43. The first-order valence-corrected chi connectivity index (χ1v) is 13.0. The van der Waals surface area contributed by atoms with Crippen LogP contribution in [0.3, 0.4) is 0 Å². The lowest BCUT2D eigenvalue weighted by Crippen LogP contribution is -2.60. The molecule has 3 aliphatic heterocycles. The first-order valence-electron chi connectivity index (χ1n) is 13.0. The van der Waals surface area contributed by atoms with Gasteiger partial charge in [0.05, 0.1) is 6.20 Å². The number of quaternary nitrogens is 1. The molecule has 0 unspecified atom stereocenters. The molecular formula is C31H33N2O3+. The van der Waals surface area contributed by atoms with Gasteiger partial charge < -0.3 is 14.4 Å². The van der Waals surface area contributed by atoms with Crippen LogP contribution < -0.4 is 4.84 Å². The number of nitrogens with zero attached hydrogens (tertiary/aromatic N) is 2. The average molecular weight is 482 g/mol. The zero-order valence-corrected chi connectivity index (χ0v) is 20.8. The largest absolute Gasteiger partial charge is 0.442 e. The molecule has 0 aliphatic carbocycles. The summed E-state index contributed by atoms with van der Waals surface area (Å²) in [6.45, 7) is 5.38. The Kier molecular flexibility index (Phi) is 5.90. The van der Waals surface area contributed by atoms with E-state index in [1.54, 1.807) is 6.20 Å². The van der Waals surface area contributed by atoms with Gasteiger partial charge in [0.25, 0.3) is 0 Å². The molecule has 5 heteroatoms. The average Bonchev–Trinajstić information content (AvgIpc) is 3.41. The molecule has 184 valence electrons. The van der Waals surface area contributed by atoms with Crippen LogP contribution in [-0.4, -0.2) is 34.4 Å². The van der Waals surface area contributed by atoms with E-state index in [1.165, 1.54) is 19.3 Å². The minimum absolute atomic E-state index is 0.269. The molecule has 1 aromatic heterocycles. The maximum Gasteiger partial charge on any atom is 0.236 e. The van der Waals surface area contributed by atoms with Gasteiger partial charge in [0.15, 0.2) is 11.4 Å². The van der Waals surface area contributed by atoms with E-state index in [1.807, 2.05) is 60.7 Å². The van der Waals surface area contributed by atoms with E-state index in [4.69, 9.17) is 9.25 Å². The topological polar surface area (TPSA) is 55.5 Å². The standard InChI is InChI=1S/C31H33N2O3/c1-23-9-8-14-29(36-33-18-15-24(16-19-33)17-20-33)28(23)21-27-22-32-30(35-27)31(34,25-10-4-2-5-11-25)26-12-6-3-7-13-26/h2-14,22,24,34H,15-21H2,1H3/q+1. The summed E-state index contributed by atoms with van der Waals surface area (Å²) >= 11 is 0. The number of fused-ring (bicyclic) bond motifs is 3. The predicted molar refractivity (Wildman–Crippen MR) is 138 cm³/mol. The summed E-state index contributed by atoms with van der Waals surface area (Å²) in [5.41, 5.74) is 2.23. The smallest absolute Gasteiger partial charge is 0.236 e. The van der Waals surface area contributed by atoms with E-state index in [0.29, 0.717) is 23.3 Å². The van der Waals surface area contributed by atoms with Crippen LogP contribution in [0.4, 0.5) is 0 Å². The Balaban J connectivity index is 1.33. The molecule has 0 saturated carbocycles. The molecule has 4 heterocycles. The molecule has 0 amide bonds. The van der Waals surface area contributed by atoms with Crippen LogP contribution in [0.25, 0.3) is 0 Å². The van der Waals surface area contributed by atoms with Gasteiger partial charge in [-0.05, 0) is 35.6 Å². The van der Waals surface area contributed by atoms with Crippen LogP contribution in [0, 0.1) is 12.8 Å². The molecule has 0 spiro atoms. The Morgan fingerprint density at radius 2 is 1.50 bits per heavy atom. The lowest BCUT2D eigenvalue weighted by atomic mass is 9.86. The number of piperidine rings is 3. The summed E-state index contributed by atoms with van der Waals surface area (Å²) in [5, 5.41) is 12.0. The molecule has 3 aromatic carbocycles. The second kappa shape index (κ2) is 9.23. The Bertz CT molecular complexity index is 1270. The summed E-state index contributed by atoms with van der Waals surface area (Å²) in [6.07, 6.45) is 6.05. The zero-order valence-electron chi connectivity index (χ0n) is 20.8. The van der Waals surface area contributed by atoms with E-state index in [9.17, 15) is 5.11 Å². The number of hydroxylamine groups is 3. The Hall–Kier alpha value is -3.41. The van der Waals surface area contributed by atoms with Crippen molar-refractivity contribution in [1.29, 1.82) is 0 Å². The normalized spacial score (nSPS) is 21.4. The molecule has 3 fully saturated rings. The van der Waals surface area contributed by atoms with Crippen molar-refractivity contribution >= 4 is 0 Å². The Morgan fingerprint density at radius 3 is 2.11 bits per heavy atom. The molecule has 0 radical (unpaired) electrons. The number of aryl methyl sites for hydroxylation is 1. The van der Waals surface area contributed by atoms with Crippen LogP contribution in [-0.2, 0) is 12.0 Å². The van der Waals surface area contributed by atoms with Crippen molar-refractivity contribution in [2.45, 2.75) is 38.2 Å². The van der Waals surface area contributed by atoms with Crippen molar-refractivity contribution in [3.8, 4) is 5.75 Å². The molecule has 0 atom stereocenters. The second-order valence-electron chi connectivity index (χ2n) is 10.4. The fourth-order valence-electron chi connectivity index (χ4n) is 5.86. The van der Waals surface area contributed by atoms with Crippen molar-refractivity contribution in [2.24, 2.45) is 5.92 Å². The van der Waals surface area contributed by atoms with Gasteiger partial charge in [0, 0.05) is 31.2 Å². The number of oxazole rings is 1. The highest BCUT2D eigenvalue weighted by atomic mass is 16.7. The monoisotopic (exact) mass is 481 g/mol. The second-order valence-corrected chi connectivity index (χ2v) is 10.4. The zero-order chi connectivity index (χ0) is 24.6. The van der Waals surface area contributed by atoms with Crippen molar-refractivity contribution in [1.82, 2.24) is 4.98 Å². The highest BCUT2D eigenvalue weighted by Crippen LogP contribution is 2.38. The van der Waals surface area contributed by atoms with Gasteiger partial charge in [-0.2, -0.15) is 0 Å². The minimum Gasteiger partial charge on any atom is -0.442 e. The van der Waals surface area contributed by atoms with E-state index < -0.39 is 5.60 Å². The van der Waals surface area contributed by atoms with Crippen molar-refractivity contribution in [3.63, 3.8) is 0 Å². The third kappa shape index (κ3) is 4.12. The third-order valence-electron chi connectivity index (χ3n) is 8.09. The molecular weight excluding hydrogens is 448 g/mol. The van der Waals surface area contributed by atoms with E-state index in [2.05, 4.69) is 30.1 Å². The first kappa shape index (κ1) is 23.0. The van der Waals surface area contributed by atoms with Gasteiger partial charge in [-0.15, -0.1) is 4.65 Å². The van der Waals surface area contributed by atoms with E-state index >= 15 is 0 Å². The number of benzene rings is 3. The SMILES string of the molecule is Cc1cccc(O[N+]23CCC(CC2)CC3)c1Cc1cnc(C(O)(c2ccccc2)c2ccccc2)o1. The summed E-state index contributed by atoms with van der Waals surface area (Å²) in [5.74, 6) is 2.78. The summed E-state index contributed by atoms with van der Waals surface area (Å²) < 4.78 is 7.03. The predicted octanol–water partition coefficient (Wildman–Crippen LogP) is 5.78. The number of aliphatic hydroxyl groups is 1. The number of hydrogen-bond acceptors (Lipinski definition) is 4. The van der Waals surface area contributed by atoms with Crippen molar-refractivity contribution in [2.75, 3.05) is 19.6 Å². The summed E-state index contributed by atoms with van der Waals surface area (Å²) in [7, 11) is 0. The lowest BCUT2D eigenvalue weighted by Gasteiger charge is -2.46. The van der Waals surface area contributed by atoms with Gasteiger partial charge in [-0.3, -0.25) is 0 Å². The van der Waals surface area contributed by atoms with Crippen LogP contribution in [0.2, 0.25) is 0 Å². The van der Waals surface area contributed by atoms with Crippen LogP contribution in [0.15, 0.2) is 89.5 Å². The summed E-state index contributed by atoms with van der Waals surface area (Å²) in [6, 6.07) is 25.4. The number of aromatic nitrogens is 1. The van der Waals surface area contributed by atoms with Gasteiger partial charge in [-0.1, -0.05) is 72.8 Å². The fourth-order valence-corrected chi connectivity index (χ4v) is 5.86. The van der Waals surface area contributed by atoms with Gasteiger partial charge in [0.1, 0.15) is 25.4 Å². The quantitative estimate of drug-likeness (QED) is 0.340.